The van der Waals surface area contributed by atoms with Gasteiger partial charge in [0.25, 0.3) is 0 Å². The first-order valence-electron chi connectivity index (χ1n) is 6.70. The molecule has 0 amide bonds. The summed E-state index contributed by atoms with van der Waals surface area (Å²) in [6, 6.07) is 6.16. The van der Waals surface area contributed by atoms with Crippen LogP contribution in [0.2, 0.25) is 0 Å². The molecule has 1 N–H and O–H groups in total. The molecule has 0 bridgehead atoms. The van der Waals surface area contributed by atoms with Crippen molar-refractivity contribution in [2.45, 2.75) is 32.6 Å². The molecule has 3 nitrogen and oxygen atoms in total. The molecular formula is C15H21NO2. The van der Waals surface area contributed by atoms with E-state index in [1.165, 1.54) is 18.4 Å². The molecule has 0 unspecified atom stereocenters. The highest BCUT2D eigenvalue weighted by atomic mass is 16.5. The van der Waals surface area contributed by atoms with E-state index >= 15 is 0 Å². The van der Waals surface area contributed by atoms with Crippen molar-refractivity contribution < 1.29 is 9.53 Å². The Hall–Kier alpha value is -1.35. The van der Waals surface area contributed by atoms with E-state index in [0.717, 1.165) is 18.7 Å². The Morgan fingerprint density at radius 2 is 2.33 bits per heavy atom. The highest BCUT2D eigenvalue weighted by Gasteiger charge is 2.18. The van der Waals surface area contributed by atoms with Crippen molar-refractivity contribution >= 4 is 5.97 Å². The third-order valence-corrected chi connectivity index (χ3v) is 3.53. The maximum Gasteiger partial charge on any atom is 0.338 e. The van der Waals surface area contributed by atoms with E-state index in [2.05, 4.69) is 11.4 Å². The fourth-order valence-corrected chi connectivity index (χ4v) is 2.46. The maximum absolute atomic E-state index is 11.9. The van der Waals surface area contributed by atoms with E-state index in [9.17, 15) is 4.79 Å². The third-order valence-electron chi connectivity index (χ3n) is 3.53. The van der Waals surface area contributed by atoms with Crippen molar-refractivity contribution in [1.82, 2.24) is 5.32 Å². The lowest BCUT2D eigenvalue weighted by atomic mass is 9.89. The van der Waals surface area contributed by atoms with Gasteiger partial charge in [-0.2, -0.15) is 0 Å². The standard InChI is InChI=1S/C15H21NO2/c1-3-18-15(17)14-9-12(7-6-11(14)2)13-5-4-8-16-10-13/h6-7,9,13,16H,3-5,8,10H2,1-2H3/t13-/m0/s1. The normalized spacial score (nSPS) is 19.6. The summed E-state index contributed by atoms with van der Waals surface area (Å²) < 4.78 is 5.10. The van der Waals surface area contributed by atoms with Gasteiger partial charge in [0.15, 0.2) is 0 Å². The lowest BCUT2D eigenvalue weighted by Crippen LogP contribution is -2.28. The number of aryl methyl sites for hydroxylation is 1. The minimum absolute atomic E-state index is 0.208. The van der Waals surface area contributed by atoms with Gasteiger partial charge in [-0.25, -0.2) is 4.79 Å². The molecule has 2 rings (SSSR count). The predicted octanol–water partition coefficient (Wildman–Crippen LogP) is 2.64. The molecule has 18 heavy (non-hydrogen) atoms. The van der Waals surface area contributed by atoms with Crippen LogP contribution in [0.15, 0.2) is 18.2 Å². The summed E-state index contributed by atoms with van der Waals surface area (Å²) in [4.78, 5) is 11.9. The number of ether oxygens (including phenoxy) is 1. The molecule has 0 spiro atoms. The van der Waals surface area contributed by atoms with E-state index < -0.39 is 0 Å². The molecular weight excluding hydrogens is 226 g/mol. The quantitative estimate of drug-likeness (QED) is 0.834. The first-order valence-corrected chi connectivity index (χ1v) is 6.70. The molecule has 1 fully saturated rings. The second-order valence-corrected chi connectivity index (χ2v) is 4.84. The summed E-state index contributed by atoms with van der Waals surface area (Å²) in [5.74, 6) is 0.313. The Bertz CT molecular complexity index is 423. The average molecular weight is 247 g/mol. The van der Waals surface area contributed by atoms with E-state index in [-0.39, 0.29) is 5.97 Å². The van der Waals surface area contributed by atoms with Crippen molar-refractivity contribution in [3.05, 3.63) is 34.9 Å². The Labute approximate surface area is 109 Å². The molecule has 1 atom stereocenters. The minimum atomic E-state index is -0.208. The van der Waals surface area contributed by atoms with Crippen LogP contribution >= 0.6 is 0 Å². The number of benzene rings is 1. The topological polar surface area (TPSA) is 38.3 Å². The zero-order valence-electron chi connectivity index (χ0n) is 11.2. The van der Waals surface area contributed by atoms with Crippen molar-refractivity contribution in [3.8, 4) is 0 Å². The Morgan fingerprint density at radius 3 is 3.00 bits per heavy atom. The molecule has 1 aliphatic heterocycles. The van der Waals surface area contributed by atoms with Gasteiger partial charge in [0.2, 0.25) is 0 Å². The minimum Gasteiger partial charge on any atom is -0.462 e. The monoisotopic (exact) mass is 247 g/mol. The van der Waals surface area contributed by atoms with E-state index in [0.29, 0.717) is 18.1 Å². The molecule has 3 heteroatoms. The number of rotatable bonds is 3. The van der Waals surface area contributed by atoms with E-state index in [1.54, 1.807) is 0 Å². The lowest BCUT2D eigenvalue weighted by molar-refractivity contribution is 0.0525. The van der Waals surface area contributed by atoms with Crippen LogP contribution in [0.4, 0.5) is 0 Å². The number of carbonyl (C=O) groups excluding carboxylic acids is 1. The van der Waals surface area contributed by atoms with Gasteiger partial charge in [0, 0.05) is 6.54 Å². The van der Waals surface area contributed by atoms with Crippen LogP contribution in [0.3, 0.4) is 0 Å². The number of carbonyl (C=O) groups is 1. The van der Waals surface area contributed by atoms with Crippen LogP contribution in [0.25, 0.3) is 0 Å². The Kier molecular flexibility index (Phi) is 4.37. The summed E-state index contributed by atoms with van der Waals surface area (Å²) in [5, 5.41) is 3.41. The molecule has 1 aromatic rings. The van der Waals surface area contributed by atoms with Gasteiger partial charge in [0.05, 0.1) is 12.2 Å². The second-order valence-electron chi connectivity index (χ2n) is 4.84. The van der Waals surface area contributed by atoms with Crippen LogP contribution in [-0.2, 0) is 4.74 Å². The smallest absolute Gasteiger partial charge is 0.338 e. The number of piperidine rings is 1. The van der Waals surface area contributed by atoms with Gasteiger partial charge < -0.3 is 10.1 Å². The molecule has 0 radical (unpaired) electrons. The van der Waals surface area contributed by atoms with E-state index in [1.807, 2.05) is 26.0 Å². The van der Waals surface area contributed by atoms with Crippen LogP contribution in [0.1, 0.15) is 47.2 Å². The highest BCUT2D eigenvalue weighted by molar-refractivity contribution is 5.91. The second kappa shape index (κ2) is 6.01. The van der Waals surface area contributed by atoms with Crippen LogP contribution < -0.4 is 5.32 Å². The van der Waals surface area contributed by atoms with Crippen molar-refractivity contribution in [2.75, 3.05) is 19.7 Å². The summed E-state index contributed by atoms with van der Waals surface area (Å²) in [6.45, 7) is 6.32. The van der Waals surface area contributed by atoms with Crippen molar-refractivity contribution in [3.63, 3.8) is 0 Å². The van der Waals surface area contributed by atoms with Crippen molar-refractivity contribution in [1.29, 1.82) is 0 Å². The molecule has 98 valence electrons. The zero-order chi connectivity index (χ0) is 13.0. The molecule has 1 saturated heterocycles. The average Bonchev–Trinajstić information content (AvgIpc) is 2.40. The first-order chi connectivity index (χ1) is 8.72. The summed E-state index contributed by atoms with van der Waals surface area (Å²) in [5.41, 5.74) is 2.94. The predicted molar refractivity (Wildman–Crippen MR) is 72.0 cm³/mol. The maximum atomic E-state index is 11.9. The highest BCUT2D eigenvalue weighted by Crippen LogP contribution is 2.25. The number of hydrogen-bond donors (Lipinski definition) is 1. The van der Waals surface area contributed by atoms with Gasteiger partial charge in [-0.3, -0.25) is 0 Å². The summed E-state index contributed by atoms with van der Waals surface area (Å²) in [6.07, 6.45) is 2.39. The van der Waals surface area contributed by atoms with Gasteiger partial charge in [-0.15, -0.1) is 0 Å². The first kappa shape index (κ1) is 13.1. The van der Waals surface area contributed by atoms with Gasteiger partial charge >= 0.3 is 5.97 Å². The summed E-state index contributed by atoms with van der Waals surface area (Å²) >= 11 is 0. The van der Waals surface area contributed by atoms with Gasteiger partial charge in [-0.1, -0.05) is 12.1 Å². The lowest BCUT2D eigenvalue weighted by Gasteiger charge is -2.23. The number of nitrogens with one attached hydrogen (secondary N) is 1. The van der Waals surface area contributed by atoms with Crippen LogP contribution in [-0.4, -0.2) is 25.7 Å². The Morgan fingerprint density at radius 1 is 1.50 bits per heavy atom. The van der Waals surface area contributed by atoms with Gasteiger partial charge in [0.1, 0.15) is 0 Å². The fraction of sp³-hybridized carbons (Fsp3) is 0.533. The van der Waals surface area contributed by atoms with Gasteiger partial charge in [-0.05, 0) is 56.3 Å². The molecule has 0 aromatic heterocycles. The fourth-order valence-electron chi connectivity index (χ4n) is 2.46. The molecule has 1 heterocycles. The molecule has 1 aliphatic rings. The number of esters is 1. The van der Waals surface area contributed by atoms with E-state index in [4.69, 9.17) is 4.74 Å². The molecule has 1 aromatic carbocycles. The van der Waals surface area contributed by atoms with Crippen LogP contribution in [0, 0.1) is 6.92 Å². The SMILES string of the molecule is CCOC(=O)c1cc([C@H]2CCCNC2)ccc1C. The molecule has 0 aliphatic carbocycles. The van der Waals surface area contributed by atoms with Crippen LogP contribution in [0.5, 0.6) is 0 Å². The summed E-state index contributed by atoms with van der Waals surface area (Å²) in [7, 11) is 0. The Balaban J connectivity index is 2.22. The zero-order valence-corrected chi connectivity index (χ0v) is 11.2. The van der Waals surface area contributed by atoms with Crippen molar-refractivity contribution in [2.24, 2.45) is 0 Å². The third kappa shape index (κ3) is 2.91. The molecule has 0 saturated carbocycles. The largest absolute Gasteiger partial charge is 0.462 e. The number of hydrogen-bond acceptors (Lipinski definition) is 3.